The Labute approximate surface area is 193 Å². The quantitative estimate of drug-likeness (QED) is 0.588. The standard InChI is InChI=1S/C25H27N5O3/c1-17-28-24(30-9-11-32-12-10-30)14-25(29-17)33-22-13-18(15-26)3-8-21(22)19-4-6-20(7-5-19)23(16-27)31-2/h3-8,13-14,23H,9-12,16,27H2,1-2H3. The Morgan fingerprint density at radius 1 is 1.12 bits per heavy atom. The number of nitrogens with zero attached hydrogens (tertiary/aromatic N) is 4. The molecule has 0 amide bonds. The Kier molecular flexibility index (Phi) is 7.15. The highest BCUT2D eigenvalue weighted by Gasteiger charge is 2.17. The average Bonchev–Trinajstić information content (AvgIpc) is 2.85. The maximum atomic E-state index is 9.42. The minimum atomic E-state index is -0.154. The number of morpholine rings is 1. The first-order valence-corrected chi connectivity index (χ1v) is 10.8. The molecule has 2 heterocycles. The van der Waals surface area contributed by atoms with Gasteiger partial charge >= 0.3 is 0 Å². The number of aryl methyl sites for hydroxylation is 1. The number of hydrogen-bond acceptors (Lipinski definition) is 8. The lowest BCUT2D eigenvalue weighted by Crippen LogP contribution is -2.36. The lowest BCUT2D eigenvalue weighted by Gasteiger charge is -2.28. The van der Waals surface area contributed by atoms with Crippen LogP contribution in [0.4, 0.5) is 5.82 Å². The van der Waals surface area contributed by atoms with E-state index in [1.807, 2.05) is 43.3 Å². The third-order valence-electron chi connectivity index (χ3n) is 5.55. The van der Waals surface area contributed by atoms with Gasteiger partial charge in [0.25, 0.3) is 0 Å². The molecule has 3 aromatic rings. The van der Waals surface area contributed by atoms with Crippen LogP contribution in [-0.2, 0) is 9.47 Å². The smallest absolute Gasteiger partial charge is 0.224 e. The number of nitriles is 1. The van der Waals surface area contributed by atoms with Gasteiger partial charge in [-0.15, -0.1) is 0 Å². The van der Waals surface area contributed by atoms with Crippen LogP contribution in [0.25, 0.3) is 11.1 Å². The maximum Gasteiger partial charge on any atom is 0.224 e. The van der Waals surface area contributed by atoms with Crippen LogP contribution in [-0.4, -0.2) is 49.9 Å². The lowest BCUT2D eigenvalue weighted by atomic mass is 10.00. The molecule has 8 nitrogen and oxygen atoms in total. The van der Waals surface area contributed by atoms with Crippen molar-refractivity contribution in [1.29, 1.82) is 5.26 Å². The summed E-state index contributed by atoms with van der Waals surface area (Å²) in [5, 5.41) is 9.42. The molecule has 170 valence electrons. The summed E-state index contributed by atoms with van der Waals surface area (Å²) in [5.41, 5.74) is 9.10. The van der Waals surface area contributed by atoms with Gasteiger partial charge in [-0.1, -0.05) is 24.3 Å². The summed E-state index contributed by atoms with van der Waals surface area (Å²) in [6.07, 6.45) is -0.154. The van der Waals surface area contributed by atoms with Gasteiger partial charge in [-0.2, -0.15) is 10.2 Å². The van der Waals surface area contributed by atoms with Gasteiger partial charge < -0.3 is 24.8 Å². The Morgan fingerprint density at radius 2 is 1.88 bits per heavy atom. The van der Waals surface area contributed by atoms with Crippen molar-refractivity contribution in [3.63, 3.8) is 0 Å². The van der Waals surface area contributed by atoms with Crippen molar-refractivity contribution >= 4 is 5.82 Å². The third-order valence-corrected chi connectivity index (χ3v) is 5.55. The van der Waals surface area contributed by atoms with Gasteiger partial charge in [0.15, 0.2) is 0 Å². The van der Waals surface area contributed by atoms with Crippen molar-refractivity contribution in [2.24, 2.45) is 5.73 Å². The fourth-order valence-electron chi connectivity index (χ4n) is 3.81. The van der Waals surface area contributed by atoms with Crippen molar-refractivity contribution in [1.82, 2.24) is 9.97 Å². The maximum absolute atomic E-state index is 9.42. The zero-order valence-electron chi connectivity index (χ0n) is 18.8. The molecular formula is C25H27N5O3. The predicted molar refractivity (Wildman–Crippen MR) is 125 cm³/mol. The Morgan fingerprint density at radius 3 is 2.55 bits per heavy atom. The highest BCUT2D eigenvalue weighted by atomic mass is 16.5. The topological polar surface area (TPSA) is 107 Å². The molecule has 2 aromatic carbocycles. The van der Waals surface area contributed by atoms with Crippen LogP contribution >= 0.6 is 0 Å². The summed E-state index contributed by atoms with van der Waals surface area (Å²) < 4.78 is 17.1. The van der Waals surface area contributed by atoms with Gasteiger partial charge in [-0.25, -0.2) is 4.98 Å². The van der Waals surface area contributed by atoms with E-state index >= 15 is 0 Å². The van der Waals surface area contributed by atoms with Crippen molar-refractivity contribution in [3.05, 3.63) is 65.5 Å². The molecule has 1 saturated heterocycles. The van der Waals surface area contributed by atoms with Gasteiger partial charge in [0.05, 0.1) is 31.0 Å². The highest BCUT2D eigenvalue weighted by molar-refractivity contribution is 5.72. The number of benzene rings is 2. The highest BCUT2D eigenvalue weighted by Crippen LogP contribution is 2.35. The second-order valence-electron chi connectivity index (χ2n) is 7.72. The van der Waals surface area contributed by atoms with Crippen LogP contribution in [0.1, 0.15) is 23.1 Å². The molecule has 33 heavy (non-hydrogen) atoms. The molecule has 1 fully saturated rings. The van der Waals surface area contributed by atoms with Crippen molar-refractivity contribution in [2.45, 2.75) is 13.0 Å². The largest absolute Gasteiger partial charge is 0.438 e. The molecular weight excluding hydrogens is 418 g/mol. The zero-order chi connectivity index (χ0) is 23.2. The monoisotopic (exact) mass is 445 g/mol. The van der Waals surface area contributed by atoms with Crippen molar-refractivity contribution in [3.8, 4) is 28.8 Å². The Balaban J connectivity index is 1.67. The van der Waals surface area contributed by atoms with Gasteiger partial charge in [-0.3, -0.25) is 0 Å². The molecule has 0 bridgehead atoms. The second kappa shape index (κ2) is 10.4. The first kappa shape index (κ1) is 22.7. The molecule has 8 heteroatoms. The number of methoxy groups -OCH3 is 1. The molecule has 0 spiro atoms. The summed E-state index contributed by atoms with van der Waals surface area (Å²) in [7, 11) is 1.65. The number of nitrogens with two attached hydrogens (primary N) is 1. The van der Waals surface area contributed by atoms with Gasteiger partial charge in [0.2, 0.25) is 5.88 Å². The average molecular weight is 446 g/mol. The fraction of sp³-hybridized carbons (Fsp3) is 0.320. The van der Waals surface area contributed by atoms with Crippen LogP contribution in [0.5, 0.6) is 11.6 Å². The molecule has 2 N–H and O–H groups in total. The minimum absolute atomic E-state index is 0.154. The van der Waals surface area contributed by atoms with Gasteiger partial charge in [0.1, 0.15) is 17.4 Å². The van der Waals surface area contributed by atoms with E-state index in [1.165, 1.54) is 0 Å². The SMILES string of the molecule is COC(CN)c1ccc(-c2ccc(C#N)cc2Oc2cc(N3CCOCC3)nc(C)n2)cc1. The fourth-order valence-corrected chi connectivity index (χ4v) is 3.81. The summed E-state index contributed by atoms with van der Waals surface area (Å²) in [6.45, 7) is 5.10. The summed E-state index contributed by atoms with van der Waals surface area (Å²) in [5.74, 6) is 2.40. The normalized spacial score (nSPS) is 14.5. The molecule has 1 aliphatic rings. The molecule has 1 aromatic heterocycles. The number of rotatable bonds is 7. The predicted octanol–water partition coefficient (Wildman–Crippen LogP) is 3.60. The molecule has 0 aliphatic carbocycles. The van der Waals surface area contributed by atoms with E-state index in [4.69, 9.17) is 19.9 Å². The molecule has 1 atom stereocenters. The van der Waals surface area contributed by atoms with Gasteiger partial charge in [-0.05, 0) is 36.2 Å². The Bertz CT molecular complexity index is 1130. The summed E-state index contributed by atoms with van der Waals surface area (Å²) in [6, 6.07) is 17.4. The molecule has 4 rings (SSSR count). The van der Waals surface area contributed by atoms with Crippen LogP contribution in [0.2, 0.25) is 0 Å². The number of anilines is 1. The molecule has 0 saturated carbocycles. The number of ether oxygens (including phenoxy) is 3. The van der Waals surface area contributed by atoms with Gasteiger partial charge in [0, 0.05) is 38.4 Å². The van der Waals surface area contributed by atoms with Crippen LogP contribution in [0.15, 0.2) is 48.5 Å². The lowest BCUT2D eigenvalue weighted by molar-refractivity contribution is 0.110. The number of aromatic nitrogens is 2. The van der Waals surface area contributed by atoms with Crippen LogP contribution in [0, 0.1) is 18.3 Å². The Hall–Kier alpha value is -3.51. The zero-order valence-corrected chi connectivity index (χ0v) is 18.8. The minimum Gasteiger partial charge on any atom is -0.438 e. The molecule has 1 aliphatic heterocycles. The molecule has 0 radical (unpaired) electrons. The number of hydrogen-bond donors (Lipinski definition) is 1. The third kappa shape index (κ3) is 5.29. The van der Waals surface area contributed by atoms with E-state index in [9.17, 15) is 5.26 Å². The molecule has 1 unspecified atom stereocenters. The van der Waals surface area contributed by atoms with Crippen molar-refractivity contribution < 1.29 is 14.2 Å². The van der Waals surface area contributed by atoms with Crippen LogP contribution in [0.3, 0.4) is 0 Å². The summed E-state index contributed by atoms with van der Waals surface area (Å²) in [4.78, 5) is 11.2. The van der Waals surface area contributed by atoms with Crippen molar-refractivity contribution in [2.75, 3.05) is 44.9 Å². The second-order valence-corrected chi connectivity index (χ2v) is 7.72. The van der Waals surface area contributed by atoms with E-state index in [0.717, 1.165) is 35.6 Å². The van der Waals surface area contributed by atoms with E-state index in [2.05, 4.69) is 20.9 Å². The van der Waals surface area contributed by atoms with E-state index in [1.54, 1.807) is 19.2 Å². The van der Waals surface area contributed by atoms with E-state index in [0.29, 0.717) is 42.8 Å². The van der Waals surface area contributed by atoms with E-state index in [-0.39, 0.29) is 6.10 Å². The first-order valence-electron chi connectivity index (χ1n) is 10.8. The van der Waals surface area contributed by atoms with Crippen LogP contribution < -0.4 is 15.4 Å². The first-order chi connectivity index (χ1) is 16.1. The van der Waals surface area contributed by atoms with E-state index < -0.39 is 0 Å². The summed E-state index contributed by atoms with van der Waals surface area (Å²) >= 11 is 0.